The number of aromatic nitrogens is 1. The van der Waals surface area contributed by atoms with E-state index in [0.29, 0.717) is 22.9 Å². The molecule has 0 aliphatic carbocycles. The number of benzene rings is 2. The normalized spacial score (nSPS) is 10.6. The van der Waals surface area contributed by atoms with Crippen molar-refractivity contribution in [2.75, 3.05) is 11.9 Å². The van der Waals surface area contributed by atoms with Crippen molar-refractivity contribution in [1.82, 2.24) is 4.98 Å². The average Bonchev–Trinajstić information content (AvgIpc) is 3.08. The fraction of sp³-hybridized carbons (Fsp3) is 0.111. The van der Waals surface area contributed by atoms with Crippen LogP contribution in [0.15, 0.2) is 53.9 Å². The number of hydrogen-bond donors (Lipinski definition) is 2. The number of halogens is 1. The first kappa shape index (κ1) is 16.3. The molecule has 0 spiro atoms. The number of amides is 1. The standard InChI is InChI=1S/C18H16FN3OS/c19-14-5-3-13(4-6-14)18-22-16(11-24-18)17(23)21-15-7-1-12(2-8-15)9-10-20/h1-8,11H,9-10,20H2,(H,21,23). The molecule has 1 heterocycles. The molecule has 0 radical (unpaired) electrons. The van der Waals surface area contributed by atoms with Crippen LogP contribution in [0.1, 0.15) is 16.1 Å². The van der Waals surface area contributed by atoms with Gasteiger partial charge in [0, 0.05) is 16.6 Å². The zero-order chi connectivity index (χ0) is 16.9. The number of thiazole rings is 1. The number of nitrogens with zero attached hydrogens (tertiary/aromatic N) is 1. The molecule has 0 fully saturated rings. The summed E-state index contributed by atoms with van der Waals surface area (Å²) in [7, 11) is 0. The molecule has 122 valence electrons. The summed E-state index contributed by atoms with van der Waals surface area (Å²) in [6.07, 6.45) is 0.807. The number of carbonyl (C=O) groups is 1. The fourth-order valence-corrected chi connectivity index (χ4v) is 3.03. The summed E-state index contributed by atoms with van der Waals surface area (Å²) in [6.45, 7) is 0.594. The lowest BCUT2D eigenvalue weighted by Crippen LogP contribution is -2.12. The Labute approximate surface area is 143 Å². The van der Waals surface area contributed by atoms with E-state index >= 15 is 0 Å². The van der Waals surface area contributed by atoms with E-state index in [4.69, 9.17) is 5.73 Å². The van der Waals surface area contributed by atoms with Crippen molar-refractivity contribution in [3.8, 4) is 10.6 Å². The van der Waals surface area contributed by atoms with E-state index in [1.54, 1.807) is 17.5 Å². The lowest BCUT2D eigenvalue weighted by Gasteiger charge is -2.04. The van der Waals surface area contributed by atoms with Crippen LogP contribution in [0.5, 0.6) is 0 Å². The predicted octanol–water partition coefficient (Wildman–Crippen LogP) is 3.70. The molecular weight excluding hydrogens is 325 g/mol. The van der Waals surface area contributed by atoms with E-state index in [2.05, 4.69) is 10.3 Å². The van der Waals surface area contributed by atoms with Gasteiger partial charge in [-0.3, -0.25) is 4.79 Å². The smallest absolute Gasteiger partial charge is 0.275 e. The fourth-order valence-electron chi connectivity index (χ4n) is 2.22. The molecule has 1 aromatic heterocycles. The molecule has 0 unspecified atom stereocenters. The Kier molecular flexibility index (Phi) is 4.98. The summed E-state index contributed by atoms with van der Waals surface area (Å²) in [6, 6.07) is 13.6. The summed E-state index contributed by atoms with van der Waals surface area (Å²) in [4.78, 5) is 16.6. The summed E-state index contributed by atoms with van der Waals surface area (Å²) in [5, 5.41) is 5.19. The number of carbonyl (C=O) groups excluding carboxylic acids is 1. The number of hydrogen-bond acceptors (Lipinski definition) is 4. The zero-order valence-electron chi connectivity index (χ0n) is 12.8. The van der Waals surface area contributed by atoms with Gasteiger partial charge < -0.3 is 11.1 Å². The molecule has 6 heteroatoms. The Morgan fingerprint density at radius 2 is 1.83 bits per heavy atom. The third-order valence-electron chi connectivity index (χ3n) is 3.47. The van der Waals surface area contributed by atoms with Crippen molar-refractivity contribution in [1.29, 1.82) is 0 Å². The Morgan fingerprint density at radius 3 is 2.50 bits per heavy atom. The second kappa shape index (κ2) is 7.33. The predicted molar refractivity (Wildman–Crippen MR) is 94.7 cm³/mol. The van der Waals surface area contributed by atoms with E-state index in [0.717, 1.165) is 17.5 Å². The number of anilines is 1. The Hall–Kier alpha value is -2.57. The van der Waals surface area contributed by atoms with Gasteiger partial charge in [-0.25, -0.2) is 9.37 Å². The van der Waals surface area contributed by atoms with E-state index in [1.165, 1.54) is 23.5 Å². The lowest BCUT2D eigenvalue weighted by molar-refractivity contribution is 0.102. The molecule has 0 saturated carbocycles. The van der Waals surface area contributed by atoms with E-state index in [-0.39, 0.29) is 11.7 Å². The summed E-state index contributed by atoms with van der Waals surface area (Å²) >= 11 is 1.35. The summed E-state index contributed by atoms with van der Waals surface area (Å²) in [5.74, 6) is -0.572. The average molecular weight is 341 g/mol. The third kappa shape index (κ3) is 3.84. The monoisotopic (exact) mass is 341 g/mol. The van der Waals surface area contributed by atoms with Crippen LogP contribution in [0.4, 0.5) is 10.1 Å². The Bertz CT molecular complexity index is 828. The van der Waals surface area contributed by atoms with Crippen LogP contribution in [0.2, 0.25) is 0 Å². The molecule has 0 atom stereocenters. The van der Waals surface area contributed by atoms with Gasteiger partial charge in [0.05, 0.1) is 0 Å². The first-order chi connectivity index (χ1) is 11.7. The highest BCUT2D eigenvalue weighted by atomic mass is 32.1. The quantitative estimate of drug-likeness (QED) is 0.743. The highest BCUT2D eigenvalue weighted by Crippen LogP contribution is 2.24. The van der Waals surface area contributed by atoms with Crippen molar-refractivity contribution in [2.24, 2.45) is 5.73 Å². The van der Waals surface area contributed by atoms with Crippen LogP contribution in [-0.2, 0) is 6.42 Å². The minimum absolute atomic E-state index is 0.272. The molecule has 4 nitrogen and oxygen atoms in total. The van der Waals surface area contributed by atoms with E-state index < -0.39 is 0 Å². The van der Waals surface area contributed by atoms with Crippen molar-refractivity contribution in [2.45, 2.75) is 6.42 Å². The van der Waals surface area contributed by atoms with Gasteiger partial charge in [-0.05, 0) is 54.9 Å². The van der Waals surface area contributed by atoms with E-state index in [1.807, 2.05) is 24.3 Å². The molecule has 0 bridgehead atoms. The van der Waals surface area contributed by atoms with Crippen LogP contribution in [-0.4, -0.2) is 17.4 Å². The molecule has 3 N–H and O–H groups in total. The van der Waals surface area contributed by atoms with Gasteiger partial charge in [0.25, 0.3) is 5.91 Å². The summed E-state index contributed by atoms with van der Waals surface area (Å²) < 4.78 is 13.0. The van der Waals surface area contributed by atoms with Gasteiger partial charge in [-0.1, -0.05) is 12.1 Å². The van der Waals surface area contributed by atoms with Crippen LogP contribution in [0, 0.1) is 5.82 Å². The molecule has 3 rings (SSSR count). The van der Waals surface area contributed by atoms with Crippen LogP contribution >= 0.6 is 11.3 Å². The van der Waals surface area contributed by atoms with Crippen LogP contribution in [0.25, 0.3) is 10.6 Å². The minimum atomic E-state index is -0.300. The van der Waals surface area contributed by atoms with Crippen molar-refractivity contribution in [3.05, 3.63) is 71.0 Å². The largest absolute Gasteiger partial charge is 0.330 e. The third-order valence-corrected chi connectivity index (χ3v) is 4.36. The highest BCUT2D eigenvalue weighted by molar-refractivity contribution is 7.13. The van der Waals surface area contributed by atoms with Gasteiger partial charge in [-0.15, -0.1) is 11.3 Å². The SMILES string of the molecule is NCCc1ccc(NC(=O)c2csc(-c3ccc(F)cc3)n2)cc1. The summed E-state index contributed by atoms with van der Waals surface area (Å²) in [5.41, 5.74) is 8.47. The second-order valence-corrected chi connectivity index (χ2v) is 6.09. The van der Waals surface area contributed by atoms with Crippen molar-refractivity contribution >= 4 is 22.9 Å². The molecular formula is C18H16FN3OS. The molecule has 3 aromatic rings. The molecule has 0 saturated heterocycles. The van der Waals surface area contributed by atoms with Gasteiger partial charge in [0.2, 0.25) is 0 Å². The minimum Gasteiger partial charge on any atom is -0.330 e. The maximum absolute atomic E-state index is 13.0. The molecule has 0 aliphatic heterocycles. The highest BCUT2D eigenvalue weighted by Gasteiger charge is 2.12. The van der Waals surface area contributed by atoms with Crippen molar-refractivity contribution < 1.29 is 9.18 Å². The maximum atomic E-state index is 13.0. The van der Waals surface area contributed by atoms with Gasteiger partial charge in [0.1, 0.15) is 16.5 Å². The van der Waals surface area contributed by atoms with Crippen LogP contribution in [0.3, 0.4) is 0 Å². The first-order valence-corrected chi connectivity index (χ1v) is 8.35. The van der Waals surface area contributed by atoms with Crippen molar-refractivity contribution in [3.63, 3.8) is 0 Å². The molecule has 0 aliphatic rings. The second-order valence-electron chi connectivity index (χ2n) is 5.23. The molecule has 24 heavy (non-hydrogen) atoms. The Morgan fingerprint density at radius 1 is 1.12 bits per heavy atom. The zero-order valence-corrected chi connectivity index (χ0v) is 13.6. The number of nitrogens with two attached hydrogens (primary N) is 1. The van der Waals surface area contributed by atoms with Crippen LogP contribution < -0.4 is 11.1 Å². The van der Waals surface area contributed by atoms with Gasteiger partial charge in [-0.2, -0.15) is 0 Å². The lowest BCUT2D eigenvalue weighted by atomic mass is 10.1. The first-order valence-electron chi connectivity index (χ1n) is 7.47. The number of nitrogens with one attached hydrogen (secondary N) is 1. The Balaban J connectivity index is 1.70. The molecule has 1 amide bonds. The van der Waals surface area contributed by atoms with E-state index in [9.17, 15) is 9.18 Å². The topological polar surface area (TPSA) is 68.0 Å². The number of rotatable bonds is 5. The maximum Gasteiger partial charge on any atom is 0.275 e. The van der Waals surface area contributed by atoms with Gasteiger partial charge in [0.15, 0.2) is 0 Å². The van der Waals surface area contributed by atoms with Gasteiger partial charge >= 0.3 is 0 Å². The molecule has 2 aromatic carbocycles.